The van der Waals surface area contributed by atoms with Crippen LogP contribution in [-0.4, -0.2) is 66.4 Å². The van der Waals surface area contributed by atoms with Crippen molar-refractivity contribution in [2.45, 2.75) is 168 Å². The molecule has 0 saturated carbocycles. The van der Waals surface area contributed by atoms with Crippen LogP contribution in [0.2, 0.25) is 0 Å². The Balaban J connectivity index is 3.69. The van der Waals surface area contributed by atoms with E-state index in [9.17, 15) is 19.4 Å². The van der Waals surface area contributed by atoms with Gasteiger partial charge in [0.1, 0.15) is 0 Å². The molecule has 8 nitrogen and oxygen atoms in total. The largest absolute Gasteiger partial charge is 0.472 e. The van der Waals surface area contributed by atoms with Gasteiger partial charge in [0.15, 0.2) is 0 Å². The second-order valence-corrected chi connectivity index (χ2v) is 13.4. The van der Waals surface area contributed by atoms with Crippen LogP contribution in [0.3, 0.4) is 0 Å². The van der Waals surface area contributed by atoms with Crippen molar-refractivity contribution in [1.82, 2.24) is 4.90 Å². The number of unbranched alkanes of at least 4 members (excludes halogenated alkanes) is 16. The minimum atomic E-state index is -3.92. The zero-order valence-electron chi connectivity index (χ0n) is 27.7. The maximum absolute atomic E-state index is 12.0. The van der Waals surface area contributed by atoms with Crippen LogP contribution in [0.1, 0.15) is 162 Å². The van der Waals surface area contributed by atoms with Gasteiger partial charge in [-0.3, -0.25) is 13.8 Å². The van der Waals surface area contributed by atoms with Gasteiger partial charge in [0.25, 0.3) is 0 Å². The number of aliphatic hydroxyl groups excluding tert-OH is 1. The van der Waals surface area contributed by atoms with Gasteiger partial charge < -0.3 is 19.6 Å². The highest BCUT2D eigenvalue weighted by Crippen LogP contribution is 2.43. The predicted molar refractivity (Wildman–Crippen MR) is 174 cm³/mol. The van der Waals surface area contributed by atoms with Gasteiger partial charge in [-0.05, 0) is 65.0 Å². The van der Waals surface area contributed by atoms with Crippen molar-refractivity contribution in [2.75, 3.05) is 39.5 Å². The van der Waals surface area contributed by atoms with E-state index in [1.807, 2.05) is 6.92 Å². The lowest BCUT2D eigenvalue weighted by molar-refractivity contribution is -0.148. The molecular weight excluding hydrogens is 553 g/mol. The molecule has 0 radical (unpaired) electrons. The number of carbonyl (C=O) groups is 1. The molecule has 0 aliphatic carbocycles. The molecule has 0 spiro atoms. The van der Waals surface area contributed by atoms with Gasteiger partial charge in [-0.1, -0.05) is 104 Å². The first kappa shape index (κ1) is 41.5. The molecule has 0 fully saturated rings. The van der Waals surface area contributed by atoms with E-state index in [4.69, 9.17) is 13.8 Å². The SMILES string of the molecule is CCCCCCCCOP(=O)(O)OCCCCCCCN(CCO)CCCCCCCC(=O)OC(C)CCCCCC. The average molecular weight is 622 g/mol. The second-order valence-electron chi connectivity index (χ2n) is 11.9. The van der Waals surface area contributed by atoms with Gasteiger partial charge in [-0.15, -0.1) is 0 Å². The highest BCUT2D eigenvalue weighted by molar-refractivity contribution is 7.47. The smallest absolute Gasteiger partial charge is 0.463 e. The summed E-state index contributed by atoms with van der Waals surface area (Å²) in [5.41, 5.74) is 0. The van der Waals surface area contributed by atoms with Gasteiger partial charge >= 0.3 is 13.8 Å². The molecule has 0 heterocycles. The van der Waals surface area contributed by atoms with Gasteiger partial charge in [-0.2, -0.15) is 0 Å². The lowest BCUT2D eigenvalue weighted by Gasteiger charge is -2.21. The van der Waals surface area contributed by atoms with E-state index in [1.54, 1.807) is 0 Å². The summed E-state index contributed by atoms with van der Waals surface area (Å²) in [5.74, 6) is -0.0548. The summed E-state index contributed by atoms with van der Waals surface area (Å²) in [6, 6.07) is 0. The zero-order valence-corrected chi connectivity index (χ0v) is 28.6. The first-order chi connectivity index (χ1) is 20.3. The first-order valence-electron chi connectivity index (χ1n) is 17.5. The van der Waals surface area contributed by atoms with Crippen molar-refractivity contribution >= 4 is 13.8 Å². The van der Waals surface area contributed by atoms with E-state index in [1.165, 1.54) is 38.5 Å². The lowest BCUT2D eigenvalue weighted by Crippen LogP contribution is -2.29. The fourth-order valence-electron chi connectivity index (χ4n) is 5.06. The number of hydrogen-bond donors (Lipinski definition) is 2. The summed E-state index contributed by atoms with van der Waals surface area (Å²) in [6.45, 7) is 9.78. The van der Waals surface area contributed by atoms with Crippen LogP contribution in [-0.2, 0) is 23.1 Å². The summed E-state index contributed by atoms with van der Waals surface area (Å²) in [7, 11) is -3.92. The van der Waals surface area contributed by atoms with Crippen molar-refractivity contribution in [3.8, 4) is 0 Å². The molecule has 0 aromatic heterocycles. The number of hydrogen-bond acceptors (Lipinski definition) is 7. The molecule has 252 valence electrons. The maximum Gasteiger partial charge on any atom is 0.472 e. The fourth-order valence-corrected chi connectivity index (χ4v) is 5.85. The van der Waals surface area contributed by atoms with Crippen LogP contribution in [0.15, 0.2) is 0 Å². The van der Waals surface area contributed by atoms with E-state index < -0.39 is 7.82 Å². The third-order valence-corrected chi connectivity index (χ3v) is 8.71. The van der Waals surface area contributed by atoms with Gasteiger partial charge in [0.2, 0.25) is 0 Å². The summed E-state index contributed by atoms with van der Waals surface area (Å²) >= 11 is 0. The predicted octanol–water partition coefficient (Wildman–Crippen LogP) is 8.97. The molecule has 0 aromatic carbocycles. The number of aliphatic hydroxyl groups is 1. The normalized spacial score (nSPS) is 13.9. The van der Waals surface area contributed by atoms with Crippen LogP contribution in [0.5, 0.6) is 0 Å². The van der Waals surface area contributed by atoms with Crippen molar-refractivity contribution in [3.63, 3.8) is 0 Å². The monoisotopic (exact) mass is 621 g/mol. The molecule has 0 aliphatic heterocycles. The highest BCUT2D eigenvalue weighted by atomic mass is 31.2. The quantitative estimate of drug-likeness (QED) is 0.0425. The highest BCUT2D eigenvalue weighted by Gasteiger charge is 2.20. The molecule has 0 amide bonds. The molecule has 2 unspecified atom stereocenters. The molecule has 0 aliphatic rings. The summed E-state index contributed by atoms with van der Waals surface area (Å²) in [4.78, 5) is 24.2. The van der Waals surface area contributed by atoms with Crippen molar-refractivity contribution in [3.05, 3.63) is 0 Å². The summed E-state index contributed by atoms with van der Waals surface area (Å²) in [6.07, 6.45) is 23.3. The summed E-state index contributed by atoms with van der Waals surface area (Å²) < 4.78 is 27.7. The number of nitrogens with zero attached hydrogens (tertiary/aromatic N) is 1. The zero-order chi connectivity index (χ0) is 31.2. The second kappa shape index (κ2) is 30.5. The Morgan fingerprint density at radius 1 is 0.667 bits per heavy atom. The van der Waals surface area contributed by atoms with Crippen LogP contribution in [0.25, 0.3) is 0 Å². The number of carbonyl (C=O) groups excluding carboxylic acids is 1. The maximum atomic E-state index is 12.0. The Morgan fingerprint density at radius 3 is 1.64 bits per heavy atom. The first-order valence-corrected chi connectivity index (χ1v) is 19.0. The molecular formula is C33H68NO7P. The van der Waals surface area contributed by atoms with Crippen molar-refractivity contribution in [2.24, 2.45) is 0 Å². The number of phosphoric acid groups is 1. The standard InChI is InChI=1S/C33H68NO7P/c1-4-6-8-10-16-22-30-39-42(37,38)40-31-23-17-12-15-21-27-34(28-29-35)26-20-14-11-13-19-25-33(36)41-32(3)24-18-9-7-5-2/h32,35H,4-31H2,1-3H3,(H,37,38). The van der Waals surface area contributed by atoms with E-state index in [0.717, 1.165) is 109 Å². The number of phosphoric ester groups is 1. The third kappa shape index (κ3) is 29.6. The minimum absolute atomic E-state index is 0.0342. The van der Waals surface area contributed by atoms with E-state index >= 15 is 0 Å². The Kier molecular flexibility index (Phi) is 30.2. The topological polar surface area (TPSA) is 106 Å². The molecule has 0 saturated heterocycles. The molecule has 0 aromatic rings. The average Bonchev–Trinajstić information content (AvgIpc) is 2.95. The van der Waals surface area contributed by atoms with Crippen molar-refractivity contribution < 1.29 is 33.1 Å². The van der Waals surface area contributed by atoms with E-state index in [-0.39, 0.29) is 31.9 Å². The number of rotatable bonds is 33. The molecule has 9 heteroatoms. The van der Waals surface area contributed by atoms with Gasteiger partial charge in [0.05, 0.1) is 25.9 Å². The third-order valence-electron chi connectivity index (χ3n) is 7.69. The molecule has 2 atom stereocenters. The van der Waals surface area contributed by atoms with E-state index in [2.05, 4.69) is 18.7 Å². The van der Waals surface area contributed by atoms with Crippen LogP contribution < -0.4 is 0 Å². The van der Waals surface area contributed by atoms with E-state index in [0.29, 0.717) is 13.0 Å². The molecule has 42 heavy (non-hydrogen) atoms. The Morgan fingerprint density at radius 2 is 1.12 bits per heavy atom. The number of esters is 1. The molecule has 0 bridgehead atoms. The van der Waals surface area contributed by atoms with Crippen LogP contribution in [0.4, 0.5) is 0 Å². The van der Waals surface area contributed by atoms with Crippen LogP contribution in [0, 0.1) is 0 Å². The number of ether oxygens (including phenoxy) is 1. The van der Waals surface area contributed by atoms with Gasteiger partial charge in [-0.25, -0.2) is 4.57 Å². The Hall–Kier alpha value is -0.500. The Labute approximate surface area is 259 Å². The fraction of sp³-hybridized carbons (Fsp3) is 0.970. The van der Waals surface area contributed by atoms with Gasteiger partial charge in [0, 0.05) is 13.0 Å². The lowest BCUT2D eigenvalue weighted by atomic mass is 10.1. The van der Waals surface area contributed by atoms with Crippen LogP contribution >= 0.6 is 7.82 Å². The molecule has 2 N–H and O–H groups in total. The Bertz CT molecular complexity index is 638. The minimum Gasteiger partial charge on any atom is -0.463 e. The van der Waals surface area contributed by atoms with Crippen molar-refractivity contribution in [1.29, 1.82) is 0 Å². The summed E-state index contributed by atoms with van der Waals surface area (Å²) in [5, 5.41) is 9.42. The molecule has 0 rings (SSSR count).